The average Bonchev–Trinajstić information content (AvgIpc) is 2.11. The first kappa shape index (κ1) is 14.0. The van der Waals surface area contributed by atoms with E-state index < -0.39 is 0 Å². The van der Waals surface area contributed by atoms with Gasteiger partial charge in [-0.15, -0.1) is 0 Å². The van der Waals surface area contributed by atoms with Gasteiger partial charge in [0.2, 0.25) is 0 Å². The highest BCUT2D eigenvalue weighted by atomic mass is 14.3. The van der Waals surface area contributed by atoms with Gasteiger partial charge in [-0.2, -0.15) is 0 Å². The second kappa shape index (κ2) is 6.48. The van der Waals surface area contributed by atoms with Gasteiger partial charge < -0.3 is 0 Å². The molecule has 86 valence electrons. The van der Waals surface area contributed by atoms with Crippen LogP contribution in [0.5, 0.6) is 0 Å². The summed E-state index contributed by atoms with van der Waals surface area (Å²) in [7, 11) is 0. The van der Waals surface area contributed by atoms with Crippen molar-refractivity contribution in [1.82, 2.24) is 0 Å². The van der Waals surface area contributed by atoms with Crippen molar-refractivity contribution in [3.63, 3.8) is 0 Å². The van der Waals surface area contributed by atoms with Crippen molar-refractivity contribution in [3.05, 3.63) is 0 Å². The maximum Gasteiger partial charge on any atom is -0.0358 e. The minimum atomic E-state index is 0.827. The Morgan fingerprint density at radius 2 is 1.36 bits per heavy atom. The molecular weight excluding hydrogens is 168 g/mol. The summed E-state index contributed by atoms with van der Waals surface area (Å²) in [6.45, 7) is 16.6. The lowest BCUT2D eigenvalue weighted by Crippen LogP contribution is -2.24. The van der Waals surface area contributed by atoms with Gasteiger partial charge in [-0.3, -0.25) is 0 Å². The first-order chi connectivity index (χ1) is 6.40. The summed E-state index contributed by atoms with van der Waals surface area (Å²) in [4.78, 5) is 0. The van der Waals surface area contributed by atoms with Crippen molar-refractivity contribution in [2.24, 2.45) is 29.6 Å². The minimum Gasteiger partial charge on any atom is -0.0651 e. The van der Waals surface area contributed by atoms with Crippen LogP contribution in [0.2, 0.25) is 0 Å². The summed E-state index contributed by atoms with van der Waals surface area (Å²) in [5.74, 6) is 4.34. The van der Waals surface area contributed by atoms with E-state index >= 15 is 0 Å². The van der Waals surface area contributed by atoms with E-state index in [2.05, 4.69) is 48.5 Å². The van der Waals surface area contributed by atoms with Crippen molar-refractivity contribution in [3.8, 4) is 0 Å². The fourth-order valence-electron chi connectivity index (χ4n) is 2.31. The Balaban J connectivity index is 4.37. The molecule has 0 N–H and O–H groups in total. The zero-order valence-electron chi connectivity index (χ0n) is 11.3. The molecule has 0 spiro atoms. The first-order valence-corrected chi connectivity index (χ1v) is 6.40. The molecule has 0 fully saturated rings. The van der Waals surface area contributed by atoms with E-state index in [4.69, 9.17) is 0 Å². The monoisotopic (exact) mass is 198 g/mol. The van der Waals surface area contributed by atoms with E-state index in [0.717, 1.165) is 29.6 Å². The van der Waals surface area contributed by atoms with Gasteiger partial charge in [-0.05, 0) is 36.0 Å². The minimum absolute atomic E-state index is 0.827. The molecule has 0 saturated carbocycles. The van der Waals surface area contributed by atoms with Crippen LogP contribution in [0.15, 0.2) is 0 Å². The maximum absolute atomic E-state index is 2.43. The molecule has 3 atom stereocenters. The van der Waals surface area contributed by atoms with Crippen LogP contribution >= 0.6 is 0 Å². The topological polar surface area (TPSA) is 0 Å². The third-order valence-corrected chi connectivity index (χ3v) is 3.85. The first-order valence-electron chi connectivity index (χ1n) is 6.40. The smallest absolute Gasteiger partial charge is 0.0358 e. The Labute approximate surface area is 91.5 Å². The standard InChI is InChI=1S/C14H30/c1-8-12(6)14(9-10(2)3)13(7)11(4)5/h10-14H,8-9H2,1-7H3. The van der Waals surface area contributed by atoms with Gasteiger partial charge in [0.15, 0.2) is 0 Å². The molecule has 0 saturated heterocycles. The largest absolute Gasteiger partial charge is 0.0651 e. The lowest BCUT2D eigenvalue weighted by Gasteiger charge is -2.33. The fraction of sp³-hybridized carbons (Fsp3) is 1.00. The summed E-state index contributed by atoms with van der Waals surface area (Å²) in [6.07, 6.45) is 2.72. The number of rotatable bonds is 6. The molecule has 0 heterocycles. The van der Waals surface area contributed by atoms with Crippen LogP contribution in [0.25, 0.3) is 0 Å². The van der Waals surface area contributed by atoms with Gasteiger partial charge in [0.25, 0.3) is 0 Å². The molecule has 0 amide bonds. The average molecular weight is 198 g/mol. The van der Waals surface area contributed by atoms with Crippen LogP contribution in [0.1, 0.15) is 61.3 Å². The van der Waals surface area contributed by atoms with Crippen molar-refractivity contribution < 1.29 is 0 Å². The summed E-state index contributed by atoms with van der Waals surface area (Å²) in [6, 6.07) is 0. The van der Waals surface area contributed by atoms with Crippen molar-refractivity contribution in [2.45, 2.75) is 61.3 Å². The molecule has 0 aromatic rings. The molecule has 0 nitrogen and oxygen atoms in total. The van der Waals surface area contributed by atoms with Crippen LogP contribution in [0.4, 0.5) is 0 Å². The normalized spacial score (nSPS) is 18.6. The van der Waals surface area contributed by atoms with Crippen LogP contribution < -0.4 is 0 Å². The second-order valence-corrected chi connectivity index (χ2v) is 5.78. The molecule has 0 bridgehead atoms. The lowest BCUT2D eigenvalue weighted by atomic mass is 9.73. The molecule has 3 unspecified atom stereocenters. The zero-order valence-corrected chi connectivity index (χ0v) is 11.3. The SMILES string of the molecule is CCC(C)C(CC(C)C)C(C)C(C)C. The Morgan fingerprint density at radius 1 is 0.857 bits per heavy atom. The number of hydrogen-bond donors (Lipinski definition) is 0. The second-order valence-electron chi connectivity index (χ2n) is 5.78. The lowest BCUT2D eigenvalue weighted by molar-refractivity contribution is 0.169. The van der Waals surface area contributed by atoms with Crippen LogP contribution in [-0.4, -0.2) is 0 Å². The molecule has 0 aliphatic carbocycles. The highest BCUT2D eigenvalue weighted by Gasteiger charge is 2.25. The van der Waals surface area contributed by atoms with Gasteiger partial charge in [-0.25, -0.2) is 0 Å². The third kappa shape index (κ3) is 4.48. The predicted molar refractivity (Wildman–Crippen MR) is 66.4 cm³/mol. The van der Waals surface area contributed by atoms with Crippen LogP contribution in [0.3, 0.4) is 0 Å². The quantitative estimate of drug-likeness (QED) is 0.564. The van der Waals surface area contributed by atoms with Gasteiger partial charge in [0.1, 0.15) is 0 Å². The Morgan fingerprint density at radius 3 is 1.64 bits per heavy atom. The van der Waals surface area contributed by atoms with Crippen molar-refractivity contribution in [2.75, 3.05) is 0 Å². The van der Waals surface area contributed by atoms with E-state index in [-0.39, 0.29) is 0 Å². The highest BCUT2D eigenvalue weighted by molar-refractivity contribution is 4.74. The van der Waals surface area contributed by atoms with E-state index in [1.54, 1.807) is 0 Å². The summed E-state index contributed by atoms with van der Waals surface area (Å²) < 4.78 is 0. The molecule has 0 aromatic heterocycles. The van der Waals surface area contributed by atoms with Gasteiger partial charge >= 0.3 is 0 Å². The summed E-state index contributed by atoms with van der Waals surface area (Å²) in [5, 5.41) is 0. The fourth-order valence-corrected chi connectivity index (χ4v) is 2.31. The van der Waals surface area contributed by atoms with Crippen LogP contribution in [-0.2, 0) is 0 Å². The molecule has 0 aliphatic rings. The van der Waals surface area contributed by atoms with E-state index in [1.165, 1.54) is 12.8 Å². The molecule has 0 aliphatic heterocycles. The Bertz CT molecular complexity index is 135. The number of hydrogen-bond acceptors (Lipinski definition) is 0. The molecule has 0 heteroatoms. The third-order valence-electron chi connectivity index (χ3n) is 3.85. The Kier molecular flexibility index (Phi) is 6.48. The van der Waals surface area contributed by atoms with E-state index in [1.807, 2.05) is 0 Å². The molecule has 0 rings (SSSR count). The van der Waals surface area contributed by atoms with Gasteiger partial charge in [0.05, 0.1) is 0 Å². The molecule has 14 heavy (non-hydrogen) atoms. The zero-order chi connectivity index (χ0) is 11.3. The van der Waals surface area contributed by atoms with Crippen molar-refractivity contribution >= 4 is 0 Å². The van der Waals surface area contributed by atoms with Gasteiger partial charge in [0, 0.05) is 0 Å². The highest BCUT2D eigenvalue weighted by Crippen LogP contribution is 2.33. The van der Waals surface area contributed by atoms with Crippen molar-refractivity contribution in [1.29, 1.82) is 0 Å². The van der Waals surface area contributed by atoms with E-state index in [0.29, 0.717) is 0 Å². The molecule has 0 radical (unpaired) electrons. The molecular formula is C14H30. The maximum atomic E-state index is 2.43. The van der Waals surface area contributed by atoms with E-state index in [9.17, 15) is 0 Å². The summed E-state index contributed by atoms with van der Waals surface area (Å²) >= 11 is 0. The molecule has 0 aromatic carbocycles. The van der Waals surface area contributed by atoms with Crippen LogP contribution in [0, 0.1) is 29.6 Å². The predicted octanol–water partition coefficient (Wildman–Crippen LogP) is 4.99. The summed E-state index contributed by atoms with van der Waals surface area (Å²) in [5.41, 5.74) is 0. The van der Waals surface area contributed by atoms with Gasteiger partial charge in [-0.1, -0.05) is 54.9 Å². The Hall–Kier alpha value is 0.